The molecular weight excluding hydrogens is 212 g/mol. The van der Waals surface area contributed by atoms with Gasteiger partial charge in [0.2, 0.25) is 5.91 Å². The van der Waals surface area contributed by atoms with Gasteiger partial charge in [0.25, 0.3) is 0 Å². The van der Waals surface area contributed by atoms with Gasteiger partial charge < -0.3 is 4.90 Å². The van der Waals surface area contributed by atoms with Crippen LogP contribution in [0.25, 0.3) is 0 Å². The third-order valence-corrected chi connectivity index (χ3v) is 2.76. The summed E-state index contributed by atoms with van der Waals surface area (Å²) >= 11 is 5.92. The maximum Gasteiger partial charge on any atom is 0.224 e. The number of hydrogen-bond donors (Lipinski definition) is 0. The van der Waals surface area contributed by atoms with Gasteiger partial charge in [0, 0.05) is 18.7 Å². The fourth-order valence-corrected chi connectivity index (χ4v) is 2.06. The normalized spacial score (nSPS) is 21.1. The molecule has 0 saturated carbocycles. The van der Waals surface area contributed by atoms with E-state index in [4.69, 9.17) is 11.6 Å². The van der Waals surface area contributed by atoms with Crippen LogP contribution in [-0.4, -0.2) is 27.7 Å². The molecule has 1 aliphatic heterocycles. The Morgan fingerprint density at radius 3 is 3.00 bits per heavy atom. The molecule has 0 aliphatic carbocycles. The first-order valence-electron chi connectivity index (χ1n) is 4.99. The molecule has 1 amide bonds. The zero-order chi connectivity index (χ0) is 10.8. The van der Waals surface area contributed by atoms with E-state index in [9.17, 15) is 4.79 Å². The zero-order valence-electron chi connectivity index (χ0n) is 8.61. The van der Waals surface area contributed by atoms with Crippen LogP contribution in [0.5, 0.6) is 0 Å². The van der Waals surface area contributed by atoms with Crippen molar-refractivity contribution in [3.63, 3.8) is 0 Å². The minimum atomic E-state index is -0.0395. The number of alkyl halides is 1. The molecule has 3 nitrogen and oxygen atoms in total. The van der Waals surface area contributed by atoms with Crippen molar-refractivity contribution in [2.45, 2.75) is 25.3 Å². The van der Waals surface area contributed by atoms with Crippen LogP contribution in [0, 0.1) is 6.92 Å². The number of halogens is 1. The SMILES string of the molecule is Cc1cccc(CN2CC(Cl)CC2=O)n1. The highest BCUT2D eigenvalue weighted by Gasteiger charge is 2.27. The highest BCUT2D eigenvalue weighted by Crippen LogP contribution is 2.18. The van der Waals surface area contributed by atoms with Gasteiger partial charge in [0.15, 0.2) is 0 Å². The van der Waals surface area contributed by atoms with Gasteiger partial charge in [-0.05, 0) is 19.1 Å². The minimum absolute atomic E-state index is 0.0395. The lowest BCUT2D eigenvalue weighted by atomic mass is 10.3. The van der Waals surface area contributed by atoms with Crippen molar-refractivity contribution in [1.82, 2.24) is 9.88 Å². The summed E-state index contributed by atoms with van der Waals surface area (Å²) in [5.41, 5.74) is 1.90. The number of hydrogen-bond acceptors (Lipinski definition) is 2. The van der Waals surface area contributed by atoms with Crippen molar-refractivity contribution in [3.8, 4) is 0 Å². The number of carbonyl (C=O) groups is 1. The van der Waals surface area contributed by atoms with E-state index < -0.39 is 0 Å². The average Bonchev–Trinajstić information content (AvgIpc) is 2.45. The summed E-state index contributed by atoms with van der Waals surface area (Å²) in [6.07, 6.45) is 0.452. The first-order valence-corrected chi connectivity index (χ1v) is 5.43. The van der Waals surface area contributed by atoms with E-state index in [1.807, 2.05) is 25.1 Å². The van der Waals surface area contributed by atoms with Gasteiger partial charge in [-0.3, -0.25) is 9.78 Å². The Kier molecular flexibility index (Phi) is 2.91. The van der Waals surface area contributed by atoms with E-state index in [2.05, 4.69) is 4.98 Å². The number of aromatic nitrogens is 1. The van der Waals surface area contributed by atoms with E-state index in [1.54, 1.807) is 4.90 Å². The topological polar surface area (TPSA) is 33.2 Å². The van der Waals surface area contributed by atoms with Crippen LogP contribution in [0.4, 0.5) is 0 Å². The van der Waals surface area contributed by atoms with Gasteiger partial charge in [-0.15, -0.1) is 11.6 Å². The highest BCUT2D eigenvalue weighted by atomic mass is 35.5. The molecular formula is C11H13ClN2O. The highest BCUT2D eigenvalue weighted by molar-refractivity contribution is 6.22. The molecule has 1 aromatic heterocycles. The number of carbonyl (C=O) groups excluding carboxylic acids is 1. The van der Waals surface area contributed by atoms with Crippen LogP contribution < -0.4 is 0 Å². The summed E-state index contributed by atoms with van der Waals surface area (Å²) in [5.74, 6) is 0.123. The second-order valence-corrected chi connectivity index (χ2v) is 4.46. The third-order valence-electron chi connectivity index (χ3n) is 2.47. The fraction of sp³-hybridized carbons (Fsp3) is 0.455. The Balaban J connectivity index is 2.06. The van der Waals surface area contributed by atoms with Gasteiger partial charge in [0.05, 0.1) is 17.6 Å². The predicted molar refractivity (Wildman–Crippen MR) is 58.6 cm³/mol. The van der Waals surface area contributed by atoms with Crippen LogP contribution in [0.15, 0.2) is 18.2 Å². The van der Waals surface area contributed by atoms with Crippen LogP contribution in [0.3, 0.4) is 0 Å². The molecule has 80 valence electrons. The number of rotatable bonds is 2. The van der Waals surface area contributed by atoms with E-state index in [0.717, 1.165) is 11.4 Å². The Morgan fingerprint density at radius 1 is 1.60 bits per heavy atom. The van der Waals surface area contributed by atoms with Gasteiger partial charge in [0.1, 0.15) is 0 Å². The quantitative estimate of drug-likeness (QED) is 0.717. The first-order chi connectivity index (χ1) is 7.15. The van der Waals surface area contributed by atoms with Crippen molar-refractivity contribution >= 4 is 17.5 Å². The van der Waals surface area contributed by atoms with Crippen LogP contribution >= 0.6 is 11.6 Å². The molecule has 15 heavy (non-hydrogen) atoms. The van der Waals surface area contributed by atoms with Crippen molar-refractivity contribution in [1.29, 1.82) is 0 Å². The zero-order valence-corrected chi connectivity index (χ0v) is 9.37. The maximum atomic E-state index is 11.5. The average molecular weight is 225 g/mol. The molecule has 4 heteroatoms. The number of aryl methyl sites for hydroxylation is 1. The van der Waals surface area contributed by atoms with E-state index in [-0.39, 0.29) is 11.3 Å². The first kappa shape index (κ1) is 10.4. The Morgan fingerprint density at radius 2 is 2.40 bits per heavy atom. The van der Waals surface area contributed by atoms with Crippen LogP contribution in [0.1, 0.15) is 17.8 Å². The molecule has 0 radical (unpaired) electrons. The van der Waals surface area contributed by atoms with Crippen LogP contribution in [-0.2, 0) is 11.3 Å². The second-order valence-electron chi connectivity index (χ2n) is 3.85. The standard InChI is InChI=1S/C11H13ClN2O/c1-8-3-2-4-10(13-8)7-14-6-9(12)5-11(14)15/h2-4,9H,5-7H2,1H3. The molecule has 0 aromatic carbocycles. The van der Waals surface area contributed by atoms with Crippen molar-refractivity contribution in [3.05, 3.63) is 29.6 Å². The predicted octanol–water partition coefficient (Wildman–Crippen LogP) is 1.73. The number of nitrogens with zero attached hydrogens (tertiary/aromatic N) is 2. The molecule has 1 atom stereocenters. The molecule has 0 spiro atoms. The molecule has 0 N–H and O–H groups in total. The van der Waals surface area contributed by atoms with Crippen molar-refractivity contribution in [2.75, 3.05) is 6.54 Å². The monoisotopic (exact) mass is 224 g/mol. The van der Waals surface area contributed by atoms with Gasteiger partial charge in [-0.25, -0.2) is 0 Å². The molecule has 1 fully saturated rings. The molecule has 2 rings (SSSR count). The second kappa shape index (κ2) is 4.19. The third kappa shape index (κ3) is 2.48. The molecule has 1 aliphatic rings. The molecule has 1 saturated heterocycles. The molecule has 2 heterocycles. The van der Waals surface area contributed by atoms with Gasteiger partial charge >= 0.3 is 0 Å². The maximum absolute atomic E-state index is 11.5. The summed E-state index contributed by atoms with van der Waals surface area (Å²) in [4.78, 5) is 17.6. The summed E-state index contributed by atoms with van der Waals surface area (Å²) < 4.78 is 0. The number of likely N-dealkylation sites (tertiary alicyclic amines) is 1. The summed E-state index contributed by atoms with van der Waals surface area (Å²) in [7, 11) is 0. The lowest BCUT2D eigenvalue weighted by Gasteiger charge is -2.15. The lowest BCUT2D eigenvalue weighted by molar-refractivity contribution is -0.128. The van der Waals surface area contributed by atoms with Gasteiger partial charge in [-0.2, -0.15) is 0 Å². The number of amides is 1. The summed E-state index contributed by atoms with van der Waals surface area (Å²) in [6, 6.07) is 5.83. The van der Waals surface area contributed by atoms with Crippen LogP contribution in [0.2, 0.25) is 0 Å². The smallest absolute Gasteiger partial charge is 0.224 e. The summed E-state index contributed by atoms with van der Waals surface area (Å²) in [5, 5.41) is -0.0395. The van der Waals surface area contributed by atoms with E-state index in [0.29, 0.717) is 19.5 Å². The van der Waals surface area contributed by atoms with Crippen molar-refractivity contribution < 1.29 is 4.79 Å². The Hall–Kier alpha value is -1.09. The lowest BCUT2D eigenvalue weighted by Crippen LogP contribution is -2.25. The Labute approximate surface area is 94.1 Å². The fourth-order valence-electron chi connectivity index (χ4n) is 1.76. The minimum Gasteiger partial charge on any atom is -0.335 e. The van der Waals surface area contributed by atoms with E-state index >= 15 is 0 Å². The molecule has 1 unspecified atom stereocenters. The largest absolute Gasteiger partial charge is 0.335 e. The Bertz CT molecular complexity index is 381. The number of pyridine rings is 1. The van der Waals surface area contributed by atoms with E-state index in [1.165, 1.54) is 0 Å². The molecule has 1 aromatic rings. The van der Waals surface area contributed by atoms with Gasteiger partial charge in [-0.1, -0.05) is 6.07 Å². The molecule has 0 bridgehead atoms. The van der Waals surface area contributed by atoms with Crippen molar-refractivity contribution in [2.24, 2.45) is 0 Å². The summed E-state index contributed by atoms with van der Waals surface area (Å²) in [6.45, 7) is 3.15.